The lowest BCUT2D eigenvalue weighted by Gasteiger charge is -2.23. The Morgan fingerprint density at radius 3 is 2.93 bits per heavy atom. The van der Waals surface area contributed by atoms with Gasteiger partial charge in [0.15, 0.2) is 5.13 Å². The smallest absolute Gasteiger partial charge is 0.184 e. The van der Waals surface area contributed by atoms with Gasteiger partial charge in [-0.15, -0.1) is 0 Å². The summed E-state index contributed by atoms with van der Waals surface area (Å²) in [5.74, 6) is 0. The fourth-order valence-electron chi connectivity index (χ4n) is 1.24. The first-order valence-corrected chi connectivity index (χ1v) is 6.10. The molecule has 0 saturated heterocycles. The molecular formula is C10H20N4S. The molecule has 3 N–H and O–H groups in total. The van der Waals surface area contributed by atoms with Crippen LogP contribution in [0.1, 0.15) is 20.3 Å². The molecule has 1 unspecified atom stereocenters. The van der Waals surface area contributed by atoms with Crippen molar-refractivity contribution in [1.29, 1.82) is 0 Å². The van der Waals surface area contributed by atoms with Gasteiger partial charge in [-0.1, -0.05) is 18.3 Å². The number of nitrogens with zero attached hydrogens (tertiary/aromatic N) is 2. The van der Waals surface area contributed by atoms with E-state index in [1.54, 1.807) is 6.20 Å². The Kier molecular flexibility index (Phi) is 4.84. The number of aromatic nitrogens is 1. The molecule has 4 nitrogen and oxygen atoms in total. The van der Waals surface area contributed by atoms with E-state index in [2.05, 4.69) is 36.1 Å². The summed E-state index contributed by atoms with van der Waals surface area (Å²) in [6, 6.07) is 0.633. The summed E-state index contributed by atoms with van der Waals surface area (Å²) in [4.78, 5) is 6.48. The van der Waals surface area contributed by atoms with Gasteiger partial charge in [0.1, 0.15) is 5.00 Å². The number of rotatable bonds is 6. The first-order valence-electron chi connectivity index (χ1n) is 5.29. The Morgan fingerprint density at radius 1 is 1.67 bits per heavy atom. The summed E-state index contributed by atoms with van der Waals surface area (Å²) in [5.41, 5.74) is 5.59. The third-order valence-electron chi connectivity index (χ3n) is 2.61. The van der Waals surface area contributed by atoms with Gasteiger partial charge in [-0.2, -0.15) is 0 Å². The van der Waals surface area contributed by atoms with E-state index in [0.29, 0.717) is 6.04 Å². The molecule has 0 aliphatic heterocycles. The van der Waals surface area contributed by atoms with Crippen molar-refractivity contribution in [1.82, 2.24) is 9.88 Å². The van der Waals surface area contributed by atoms with E-state index >= 15 is 0 Å². The highest BCUT2D eigenvalue weighted by atomic mass is 32.1. The van der Waals surface area contributed by atoms with Crippen LogP contribution < -0.4 is 11.1 Å². The minimum atomic E-state index is 0.633. The van der Waals surface area contributed by atoms with Gasteiger partial charge < -0.3 is 16.0 Å². The van der Waals surface area contributed by atoms with E-state index in [9.17, 15) is 0 Å². The molecule has 0 spiro atoms. The van der Waals surface area contributed by atoms with Crippen molar-refractivity contribution in [2.75, 3.05) is 31.2 Å². The van der Waals surface area contributed by atoms with Crippen LogP contribution in [0, 0.1) is 0 Å². The lowest BCUT2D eigenvalue weighted by molar-refractivity contribution is 0.261. The standard InChI is InChI=1S/C10H20N4S/c1-4-8(2)14(3)6-5-12-10-13-7-9(11)15-10/h7-8H,4-6,11H2,1-3H3,(H,12,13). The monoisotopic (exact) mass is 228 g/mol. The molecule has 0 aromatic carbocycles. The molecule has 86 valence electrons. The number of anilines is 2. The lowest BCUT2D eigenvalue weighted by Crippen LogP contribution is -2.32. The maximum atomic E-state index is 5.59. The molecule has 5 heteroatoms. The number of hydrogen-bond donors (Lipinski definition) is 2. The van der Waals surface area contributed by atoms with Crippen LogP contribution in [0.5, 0.6) is 0 Å². The summed E-state index contributed by atoms with van der Waals surface area (Å²) >= 11 is 1.49. The molecule has 1 rings (SSSR count). The third-order valence-corrected chi connectivity index (χ3v) is 3.39. The first-order chi connectivity index (χ1) is 7.13. The van der Waals surface area contributed by atoms with Crippen LogP contribution in [0.3, 0.4) is 0 Å². The van der Waals surface area contributed by atoms with Crippen LogP contribution in [0.25, 0.3) is 0 Å². The molecule has 1 atom stereocenters. The summed E-state index contributed by atoms with van der Waals surface area (Å²) < 4.78 is 0. The highest BCUT2D eigenvalue weighted by Gasteiger charge is 2.05. The van der Waals surface area contributed by atoms with Gasteiger partial charge in [0.2, 0.25) is 0 Å². The fourth-order valence-corrected chi connectivity index (χ4v) is 1.85. The number of nitrogens with one attached hydrogen (secondary N) is 1. The minimum absolute atomic E-state index is 0.633. The van der Waals surface area contributed by atoms with Gasteiger partial charge in [0, 0.05) is 19.1 Å². The average Bonchev–Trinajstić information content (AvgIpc) is 2.63. The molecule has 0 fully saturated rings. The molecule has 1 aromatic rings. The number of thiazole rings is 1. The third kappa shape index (κ3) is 4.05. The fraction of sp³-hybridized carbons (Fsp3) is 0.700. The number of nitrogen functional groups attached to an aromatic ring is 1. The number of likely N-dealkylation sites (N-methyl/N-ethyl adjacent to an activating group) is 1. The van der Waals surface area contributed by atoms with Gasteiger partial charge in [0.25, 0.3) is 0 Å². The lowest BCUT2D eigenvalue weighted by atomic mass is 10.2. The van der Waals surface area contributed by atoms with Crippen molar-refractivity contribution < 1.29 is 0 Å². The summed E-state index contributed by atoms with van der Waals surface area (Å²) in [5, 5.41) is 4.93. The van der Waals surface area contributed by atoms with Gasteiger partial charge in [-0.25, -0.2) is 4.98 Å². The zero-order valence-corrected chi connectivity index (χ0v) is 10.5. The minimum Gasteiger partial charge on any atom is -0.389 e. The van der Waals surface area contributed by atoms with Crippen LogP contribution in [0.2, 0.25) is 0 Å². The molecular weight excluding hydrogens is 208 g/mol. The van der Waals surface area contributed by atoms with Crippen molar-refractivity contribution in [3.63, 3.8) is 0 Å². The van der Waals surface area contributed by atoms with Crippen LogP contribution in [0.15, 0.2) is 6.20 Å². The maximum Gasteiger partial charge on any atom is 0.184 e. The Bertz CT molecular complexity index is 287. The molecule has 1 aromatic heterocycles. The highest BCUT2D eigenvalue weighted by Crippen LogP contribution is 2.18. The Labute approximate surface area is 95.5 Å². The Hall–Kier alpha value is -0.810. The molecule has 0 saturated carbocycles. The van der Waals surface area contributed by atoms with E-state index in [0.717, 1.165) is 23.2 Å². The van der Waals surface area contributed by atoms with Gasteiger partial charge >= 0.3 is 0 Å². The van der Waals surface area contributed by atoms with Gasteiger partial charge in [-0.3, -0.25) is 0 Å². The van der Waals surface area contributed by atoms with Crippen molar-refractivity contribution >= 4 is 21.5 Å². The van der Waals surface area contributed by atoms with Crippen LogP contribution in [-0.2, 0) is 0 Å². The van der Waals surface area contributed by atoms with Crippen LogP contribution in [-0.4, -0.2) is 36.1 Å². The molecule has 0 aliphatic rings. The molecule has 0 aliphatic carbocycles. The predicted molar refractivity (Wildman–Crippen MR) is 67.4 cm³/mol. The number of hydrogen-bond acceptors (Lipinski definition) is 5. The Balaban J connectivity index is 2.21. The normalized spacial score (nSPS) is 13.1. The second-order valence-electron chi connectivity index (χ2n) is 3.73. The van der Waals surface area contributed by atoms with E-state index in [1.165, 1.54) is 17.8 Å². The topological polar surface area (TPSA) is 54.2 Å². The number of nitrogens with two attached hydrogens (primary N) is 1. The summed E-state index contributed by atoms with van der Waals surface area (Å²) in [6.07, 6.45) is 2.87. The molecule has 0 bridgehead atoms. The molecule has 1 heterocycles. The predicted octanol–water partition coefficient (Wildman–Crippen LogP) is 1.87. The van der Waals surface area contributed by atoms with E-state index in [4.69, 9.17) is 5.73 Å². The van der Waals surface area contributed by atoms with Crippen molar-refractivity contribution in [2.24, 2.45) is 0 Å². The zero-order valence-electron chi connectivity index (χ0n) is 9.66. The second-order valence-corrected chi connectivity index (χ2v) is 4.79. The van der Waals surface area contributed by atoms with E-state index < -0.39 is 0 Å². The van der Waals surface area contributed by atoms with Crippen LogP contribution >= 0.6 is 11.3 Å². The highest BCUT2D eigenvalue weighted by molar-refractivity contribution is 7.19. The summed E-state index contributed by atoms with van der Waals surface area (Å²) in [6.45, 7) is 6.37. The van der Waals surface area contributed by atoms with Crippen molar-refractivity contribution in [2.45, 2.75) is 26.3 Å². The van der Waals surface area contributed by atoms with Crippen LogP contribution in [0.4, 0.5) is 10.1 Å². The molecule has 15 heavy (non-hydrogen) atoms. The second kappa shape index (κ2) is 5.92. The SMILES string of the molecule is CCC(C)N(C)CCNc1ncc(N)s1. The summed E-state index contributed by atoms with van der Waals surface area (Å²) in [7, 11) is 2.14. The molecule has 0 amide bonds. The largest absolute Gasteiger partial charge is 0.389 e. The van der Waals surface area contributed by atoms with Gasteiger partial charge in [-0.05, 0) is 20.4 Å². The average molecular weight is 228 g/mol. The first kappa shape index (κ1) is 12.3. The molecule has 0 radical (unpaired) electrons. The maximum absolute atomic E-state index is 5.59. The van der Waals surface area contributed by atoms with E-state index in [-0.39, 0.29) is 0 Å². The Morgan fingerprint density at radius 2 is 2.40 bits per heavy atom. The van der Waals surface area contributed by atoms with E-state index in [1.807, 2.05) is 0 Å². The van der Waals surface area contributed by atoms with Crippen molar-refractivity contribution in [3.8, 4) is 0 Å². The van der Waals surface area contributed by atoms with Gasteiger partial charge in [0.05, 0.1) is 6.20 Å². The quantitative estimate of drug-likeness (QED) is 0.780. The zero-order chi connectivity index (χ0) is 11.3. The van der Waals surface area contributed by atoms with Crippen molar-refractivity contribution in [3.05, 3.63) is 6.20 Å².